The molecule has 9 atom stereocenters. The maximum absolute atomic E-state index is 14.1. The Morgan fingerprint density at radius 1 is 0.454 bits per heavy atom. The van der Waals surface area contributed by atoms with Gasteiger partial charge in [0.2, 0.25) is 35.4 Å². The normalized spacial score (nSPS) is 23.1. The lowest BCUT2D eigenvalue weighted by molar-refractivity contribution is -0.139. The van der Waals surface area contributed by atoms with Crippen molar-refractivity contribution in [3.05, 3.63) is 141 Å². The molecule has 12 rings (SSSR count). The van der Waals surface area contributed by atoms with Gasteiger partial charge in [-0.25, -0.2) is 64.8 Å². The highest BCUT2D eigenvalue weighted by molar-refractivity contribution is 7.92. The molecule has 8 aliphatic rings. The molecule has 4 aromatic carbocycles. The topological polar surface area (TPSA) is 329 Å². The maximum atomic E-state index is 14.1. The number of amides is 7. The van der Waals surface area contributed by atoms with Gasteiger partial charge in [0, 0.05) is 131 Å². The Balaban J connectivity index is 0.000000173. The van der Waals surface area contributed by atoms with Gasteiger partial charge in [0.1, 0.15) is 29.0 Å². The number of morpholine rings is 1. The Hall–Kier alpha value is -7.57. The van der Waals surface area contributed by atoms with E-state index in [0.29, 0.717) is 102 Å². The molecule has 4 bridgehead atoms. The number of rotatable bonds is 22. The van der Waals surface area contributed by atoms with Gasteiger partial charge in [-0.2, -0.15) is 0 Å². The fraction of sp³-hybridized carbons (Fsp3) is 0.575. The molecule has 108 heavy (non-hydrogen) atoms. The van der Waals surface area contributed by atoms with Crippen LogP contribution in [0.15, 0.2) is 60.7 Å². The number of carbonyl (C=O) groups excluding carboxylic acids is 7. The van der Waals surface area contributed by atoms with Crippen molar-refractivity contribution < 1.29 is 103 Å². The molecule has 0 saturated carbocycles. The number of carbonyl (C=O) groups is 7. The summed E-state index contributed by atoms with van der Waals surface area (Å²) in [5, 5.41) is 0. The zero-order chi connectivity index (χ0) is 78.3. The van der Waals surface area contributed by atoms with Crippen LogP contribution in [0.1, 0.15) is 123 Å². The van der Waals surface area contributed by atoms with Crippen molar-refractivity contribution in [3.8, 4) is 0 Å². The number of likely N-dealkylation sites (tertiary alicyclic amines) is 2. The number of benzene rings is 4. The van der Waals surface area contributed by atoms with Crippen LogP contribution in [0.25, 0.3) is 0 Å². The van der Waals surface area contributed by atoms with Gasteiger partial charge in [-0.1, -0.05) is 12.1 Å². The summed E-state index contributed by atoms with van der Waals surface area (Å²) in [6, 6.07) is 9.34. The van der Waals surface area contributed by atoms with Crippen LogP contribution >= 0.6 is 0 Å². The van der Waals surface area contributed by atoms with E-state index in [2.05, 4.69) is 0 Å². The van der Waals surface area contributed by atoms with Gasteiger partial charge in [-0.3, -0.25) is 38.5 Å². The van der Waals surface area contributed by atoms with Crippen molar-refractivity contribution in [3.63, 3.8) is 0 Å². The molecular weight excluding hydrogens is 1490 g/mol. The summed E-state index contributed by atoms with van der Waals surface area (Å²) >= 11 is 0. The van der Waals surface area contributed by atoms with E-state index in [1.54, 1.807) is 34.1 Å². The standard InChI is InChI=1S/C27H28F3N3O3.C24H32F3N3O6S2.C22H30F3N3O5S/c28-21-13-23(30)22(29)11-17(21)12-24(31)18-9-19-5-6-20(10-18)33(19)27(36)16-3-1-15(2-4-16)14-32-25(34)7-8-26(32)35;25-19-13-21(27)20(26)11-15(19)12-22(28)16-9-17-1-2-18(10-16)30(17)23(31)3-6-38(35,36)14-24(32)29-4-7-37(33,34)8-5-29;23-17-13-19(25)18(24)11-16(17)12-20(26)15-1-4-27(5-2-15)21(29)3-10-34(31,32)14-22(30)28-6-8-33-9-7-28/h1-4,11,13,18-20,24H,5-10,12,14,31H2;11,13,16-18,22H,1-10,12,14,28H2;11,13,15,20H,1-10,12,14,26H2/t18?,19-,20+,24-;16?,17-,18+,22-;20-/m111/s1. The van der Waals surface area contributed by atoms with Crippen LogP contribution in [-0.4, -0.2) is 225 Å². The van der Waals surface area contributed by atoms with Gasteiger partial charge >= 0.3 is 0 Å². The minimum absolute atomic E-state index is 0.00161. The molecule has 0 radical (unpaired) electrons. The zero-order valence-corrected chi connectivity index (χ0v) is 61.9. The Kier molecular flexibility index (Phi) is 27.4. The van der Waals surface area contributed by atoms with Gasteiger partial charge in [-0.05, 0) is 154 Å². The molecule has 0 spiro atoms. The number of nitrogens with two attached hydrogens (primary N) is 3. The molecule has 2 unspecified atom stereocenters. The SMILES string of the molecule is N[C@H](Cc1cc(F)c(F)cc1F)C1CCN(C(=O)CCS(=O)(=O)CC(=O)N2CCOCC2)CC1.N[C@H](Cc1cc(F)c(F)cc1F)C1C[C@H]2CC[C@@H](C1)N2C(=O)CCS(=O)(=O)CC(=O)N1CCS(=O)(=O)CC1.N[C@H](Cc1cc(F)c(F)cc1F)C1C[C@H]2CC[C@@H](C1)N2C(=O)c1ccc(CN2C(=O)CCC2=O)cc1. The molecule has 8 saturated heterocycles. The summed E-state index contributed by atoms with van der Waals surface area (Å²) in [6.07, 6.45) is 6.81. The van der Waals surface area contributed by atoms with Gasteiger partial charge < -0.3 is 46.4 Å². The Labute approximate surface area is 621 Å². The third kappa shape index (κ3) is 21.3. The number of ether oxygens (including phenoxy) is 1. The predicted molar refractivity (Wildman–Crippen MR) is 376 cm³/mol. The van der Waals surface area contributed by atoms with E-state index in [1.165, 1.54) is 14.7 Å². The molecule has 7 amide bonds. The van der Waals surface area contributed by atoms with Crippen LogP contribution in [-0.2, 0) is 88.8 Å². The summed E-state index contributed by atoms with van der Waals surface area (Å²) in [4.78, 5) is 96.2. The van der Waals surface area contributed by atoms with Crippen molar-refractivity contribution in [1.82, 2.24) is 29.4 Å². The lowest BCUT2D eigenvalue weighted by Crippen LogP contribution is -2.50. The van der Waals surface area contributed by atoms with Crippen LogP contribution in [0.2, 0.25) is 0 Å². The van der Waals surface area contributed by atoms with Crippen molar-refractivity contribution in [1.29, 1.82) is 0 Å². The molecular formula is C73H90F9N9O14S3. The van der Waals surface area contributed by atoms with Crippen LogP contribution in [0.3, 0.4) is 0 Å². The second-order valence-electron chi connectivity index (χ2n) is 29.4. The van der Waals surface area contributed by atoms with Gasteiger partial charge in [0.25, 0.3) is 5.91 Å². The molecule has 8 heterocycles. The Bertz CT molecular complexity index is 4310. The number of imide groups is 1. The molecule has 6 N–H and O–H groups in total. The quantitative estimate of drug-likeness (QED) is 0.0504. The van der Waals surface area contributed by atoms with Crippen molar-refractivity contribution in [2.24, 2.45) is 35.0 Å². The van der Waals surface area contributed by atoms with E-state index in [1.807, 2.05) is 4.90 Å². The summed E-state index contributed by atoms with van der Waals surface area (Å²) in [5.41, 5.74) is 20.3. The molecule has 8 fully saturated rings. The number of hydrogen-bond donors (Lipinski definition) is 3. The van der Waals surface area contributed by atoms with E-state index in [4.69, 9.17) is 21.9 Å². The van der Waals surface area contributed by atoms with Crippen LogP contribution in [0.4, 0.5) is 39.5 Å². The highest BCUT2D eigenvalue weighted by atomic mass is 32.2. The first-order valence-corrected chi connectivity index (χ1v) is 41.7. The largest absolute Gasteiger partial charge is 0.378 e. The van der Waals surface area contributed by atoms with Gasteiger partial charge in [0.05, 0.1) is 42.8 Å². The van der Waals surface area contributed by atoms with Crippen molar-refractivity contribution in [2.75, 3.05) is 87.0 Å². The van der Waals surface area contributed by atoms with Crippen molar-refractivity contribution in [2.45, 2.75) is 158 Å². The number of sulfone groups is 3. The second kappa shape index (κ2) is 35.6. The van der Waals surface area contributed by atoms with E-state index in [-0.39, 0.29) is 164 Å². The molecule has 0 aliphatic carbocycles. The van der Waals surface area contributed by atoms with Crippen LogP contribution in [0, 0.1) is 70.1 Å². The van der Waals surface area contributed by atoms with Crippen LogP contribution < -0.4 is 17.2 Å². The van der Waals surface area contributed by atoms with E-state index in [0.717, 1.165) is 49.4 Å². The van der Waals surface area contributed by atoms with Gasteiger partial charge in [0.15, 0.2) is 64.4 Å². The summed E-state index contributed by atoms with van der Waals surface area (Å²) in [7, 11) is -10.8. The highest BCUT2D eigenvalue weighted by Gasteiger charge is 2.47. The lowest BCUT2D eigenvalue weighted by atomic mass is 9.82. The second-order valence-corrected chi connectivity index (χ2v) is 36.1. The molecule has 8 aliphatic heterocycles. The first-order valence-electron chi connectivity index (χ1n) is 36.3. The summed E-state index contributed by atoms with van der Waals surface area (Å²) in [6.45, 7) is 2.31. The Morgan fingerprint density at radius 3 is 1.23 bits per heavy atom. The molecule has 23 nitrogen and oxygen atoms in total. The highest BCUT2D eigenvalue weighted by Crippen LogP contribution is 2.43. The van der Waals surface area contributed by atoms with Gasteiger partial charge in [-0.15, -0.1) is 0 Å². The number of hydrogen-bond acceptors (Lipinski definition) is 17. The average molecular weight is 1580 g/mol. The fourth-order valence-electron chi connectivity index (χ4n) is 16.0. The Morgan fingerprint density at radius 2 is 0.815 bits per heavy atom. The molecule has 592 valence electrons. The maximum Gasteiger partial charge on any atom is 0.254 e. The molecule has 0 aromatic heterocycles. The smallest absolute Gasteiger partial charge is 0.254 e. The van der Waals surface area contributed by atoms with Crippen molar-refractivity contribution >= 4 is 70.9 Å². The van der Waals surface area contributed by atoms with E-state index < -0.39 is 135 Å². The zero-order valence-electron chi connectivity index (χ0n) is 59.4. The number of halogens is 9. The third-order valence-electron chi connectivity index (χ3n) is 22.1. The lowest BCUT2D eigenvalue weighted by Gasteiger charge is -2.41. The number of piperidine rings is 3. The summed E-state index contributed by atoms with van der Waals surface area (Å²) in [5.74, 6) is -14.6. The summed E-state index contributed by atoms with van der Waals surface area (Å²) < 4.78 is 200. The first kappa shape index (κ1) is 82.9. The van der Waals surface area contributed by atoms with E-state index in [9.17, 15) is 98.3 Å². The number of nitrogens with zero attached hydrogens (tertiary/aromatic N) is 6. The van der Waals surface area contributed by atoms with Crippen LogP contribution in [0.5, 0.6) is 0 Å². The van der Waals surface area contributed by atoms with E-state index >= 15 is 0 Å². The minimum Gasteiger partial charge on any atom is -0.378 e. The fourth-order valence-corrected chi connectivity index (χ4v) is 19.6. The predicted octanol–water partition coefficient (Wildman–Crippen LogP) is 5.39. The third-order valence-corrected chi connectivity index (χ3v) is 26.7. The molecule has 4 aromatic rings. The monoisotopic (exact) mass is 1580 g/mol. The minimum atomic E-state index is -3.88. The first-order chi connectivity index (χ1) is 51.0. The average Bonchev–Trinajstić information content (AvgIpc) is 1.42. The molecule has 35 heteroatoms. The number of fused-ring (bicyclic) bond motifs is 4.